The molecule has 3 saturated heterocycles. The summed E-state index contributed by atoms with van der Waals surface area (Å²) in [4.78, 5) is 31.6. The van der Waals surface area contributed by atoms with Crippen LogP contribution in [0.25, 0.3) is 0 Å². The highest BCUT2D eigenvalue weighted by Gasteiger charge is 2.36. The number of likely N-dealkylation sites (tertiary alicyclic amines) is 2. The molecule has 23 heavy (non-hydrogen) atoms. The van der Waals surface area contributed by atoms with Crippen LogP contribution in [0.4, 0.5) is 0 Å². The van der Waals surface area contributed by atoms with Gasteiger partial charge >= 0.3 is 0 Å². The highest BCUT2D eigenvalue weighted by atomic mass is 16.2. The van der Waals surface area contributed by atoms with Gasteiger partial charge in [-0.2, -0.15) is 0 Å². The number of hydrogen-bond donors (Lipinski definition) is 1. The van der Waals surface area contributed by atoms with E-state index in [1.165, 1.54) is 0 Å². The van der Waals surface area contributed by atoms with Crippen LogP contribution in [-0.2, 0) is 9.59 Å². The smallest absolute Gasteiger partial charge is 0.226 e. The SMILES string of the molecule is CN1CCC(N2CCCC(CC(=O)N3CCNCC3)C2=O)CC1. The molecule has 0 aromatic carbocycles. The van der Waals surface area contributed by atoms with Gasteiger partial charge in [-0.15, -0.1) is 0 Å². The van der Waals surface area contributed by atoms with E-state index in [1.807, 2.05) is 4.90 Å². The predicted molar refractivity (Wildman–Crippen MR) is 89.0 cm³/mol. The van der Waals surface area contributed by atoms with Crippen molar-refractivity contribution >= 4 is 11.8 Å². The molecule has 1 unspecified atom stereocenters. The lowest BCUT2D eigenvalue weighted by molar-refractivity contribution is -0.146. The maximum Gasteiger partial charge on any atom is 0.226 e. The van der Waals surface area contributed by atoms with Gasteiger partial charge in [-0.1, -0.05) is 0 Å². The summed E-state index contributed by atoms with van der Waals surface area (Å²) in [6.45, 7) is 6.30. The summed E-state index contributed by atoms with van der Waals surface area (Å²) >= 11 is 0. The van der Waals surface area contributed by atoms with Crippen molar-refractivity contribution in [3.8, 4) is 0 Å². The summed E-state index contributed by atoms with van der Waals surface area (Å²) in [6.07, 6.45) is 4.46. The largest absolute Gasteiger partial charge is 0.340 e. The Bertz CT molecular complexity index is 428. The van der Waals surface area contributed by atoms with Crippen LogP contribution in [0, 0.1) is 5.92 Å². The van der Waals surface area contributed by atoms with Gasteiger partial charge in [-0.25, -0.2) is 0 Å². The minimum absolute atomic E-state index is 0.0919. The Morgan fingerprint density at radius 1 is 1.09 bits per heavy atom. The standard InChI is InChI=1S/C17H30N4O2/c1-19-9-4-15(5-10-19)21-8-2-3-14(17(21)23)13-16(22)20-11-6-18-7-12-20/h14-15,18H,2-13H2,1H3. The molecule has 1 atom stereocenters. The van der Waals surface area contributed by atoms with Crippen molar-refractivity contribution in [2.45, 2.75) is 38.1 Å². The molecule has 3 rings (SSSR count). The van der Waals surface area contributed by atoms with Crippen LogP contribution in [0.5, 0.6) is 0 Å². The predicted octanol–water partition coefficient (Wildman–Crippen LogP) is 0.141. The Morgan fingerprint density at radius 2 is 1.78 bits per heavy atom. The second-order valence-electron chi connectivity index (χ2n) is 7.24. The number of carbonyl (C=O) groups excluding carboxylic acids is 2. The topological polar surface area (TPSA) is 55.9 Å². The highest BCUT2D eigenvalue weighted by molar-refractivity contribution is 5.86. The molecule has 1 N–H and O–H groups in total. The Kier molecular flexibility index (Phi) is 5.54. The summed E-state index contributed by atoms with van der Waals surface area (Å²) in [7, 11) is 2.14. The number of piperidine rings is 2. The van der Waals surface area contributed by atoms with E-state index in [0.29, 0.717) is 12.5 Å². The molecule has 3 heterocycles. The van der Waals surface area contributed by atoms with E-state index in [4.69, 9.17) is 0 Å². The van der Waals surface area contributed by atoms with Gasteiger partial charge in [0.1, 0.15) is 0 Å². The highest BCUT2D eigenvalue weighted by Crippen LogP contribution is 2.27. The molecule has 0 radical (unpaired) electrons. The molecule has 130 valence electrons. The van der Waals surface area contributed by atoms with Crippen molar-refractivity contribution in [2.75, 3.05) is 52.9 Å². The first-order valence-electron chi connectivity index (χ1n) is 9.12. The molecule has 0 bridgehead atoms. The lowest BCUT2D eigenvalue weighted by atomic mass is 9.90. The zero-order valence-electron chi connectivity index (χ0n) is 14.3. The number of piperazine rings is 1. The molecule has 3 aliphatic rings. The molecule has 0 aromatic rings. The van der Waals surface area contributed by atoms with Crippen LogP contribution in [0.3, 0.4) is 0 Å². The third-order valence-corrected chi connectivity index (χ3v) is 5.60. The molecule has 3 aliphatic heterocycles. The van der Waals surface area contributed by atoms with E-state index >= 15 is 0 Å². The van der Waals surface area contributed by atoms with Crippen molar-refractivity contribution in [1.82, 2.24) is 20.0 Å². The Balaban J connectivity index is 1.55. The van der Waals surface area contributed by atoms with Crippen molar-refractivity contribution in [3.63, 3.8) is 0 Å². The van der Waals surface area contributed by atoms with Crippen molar-refractivity contribution < 1.29 is 9.59 Å². The lowest BCUT2D eigenvalue weighted by Crippen LogP contribution is -2.52. The van der Waals surface area contributed by atoms with Crippen molar-refractivity contribution in [1.29, 1.82) is 0 Å². The molecule has 6 nitrogen and oxygen atoms in total. The first-order chi connectivity index (χ1) is 11.1. The fourth-order valence-electron chi connectivity index (χ4n) is 4.09. The van der Waals surface area contributed by atoms with Crippen molar-refractivity contribution in [2.24, 2.45) is 5.92 Å². The molecule has 6 heteroatoms. The van der Waals surface area contributed by atoms with Crippen LogP contribution >= 0.6 is 0 Å². The summed E-state index contributed by atoms with van der Waals surface area (Å²) in [5, 5.41) is 3.26. The first-order valence-corrected chi connectivity index (χ1v) is 9.12. The zero-order chi connectivity index (χ0) is 16.2. The van der Waals surface area contributed by atoms with Crippen molar-refractivity contribution in [3.05, 3.63) is 0 Å². The van der Waals surface area contributed by atoms with Gasteiger partial charge in [-0.05, 0) is 45.8 Å². The van der Waals surface area contributed by atoms with E-state index in [2.05, 4.69) is 22.2 Å². The molecule has 0 aliphatic carbocycles. The second-order valence-corrected chi connectivity index (χ2v) is 7.24. The summed E-state index contributed by atoms with van der Waals surface area (Å²) < 4.78 is 0. The van der Waals surface area contributed by atoms with Gasteiger partial charge in [0.2, 0.25) is 11.8 Å². The second kappa shape index (κ2) is 7.62. The summed E-state index contributed by atoms with van der Waals surface area (Å²) in [5.41, 5.74) is 0. The maximum atomic E-state index is 12.9. The number of hydrogen-bond acceptors (Lipinski definition) is 4. The normalized spacial score (nSPS) is 28.2. The number of nitrogens with zero attached hydrogens (tertiary/aromatic N) is 3. The molecule has 0 spiro atoms. The zero-order valence-corrected chi connectivity index (χ0v) is 14.3. The number of rotatable bonds is 3. The minimum atomic E-state index is -0.0919. The van der Waals surface area contributed by atoms with Gasteiger partial charge in [0.05, 0.1) is 0 Å². The van der Waals surface area contributed by atoms with E-state index in [-0.39, 0.29) is 17.7 Å². The van der Waals surface area contributed by atoms with Gasteiger partial charge < -0.3 is 20.0 Å². The Morgan fingerprint density at radius 3 is 2.48 bits per heavy atom. The van der Waals surface area contributed by atoms with Crippen LogP contribution in [0.1, 0.15) is 32.1 Å². The van der Waals surface area contributed by atoms with E-state index in [0.717, 1.165) is 71.5 Å². The van der Waals surface area contributed by atoms with Crippen LogP contribution < -0.4 is 5.32 Å². The third-order valence-electron chi connectivity index (χ3n) is 5.60. The lowest BCUT2D eigenvalue weighted by Gasteiger charge is -2.41. The summed E-state index contributed by atoms with van der Waals surface area (Å²) in [6, 6.07) is 0.385. The van der Waals surface area contributed by atoms with E-state index < -0.39 is 0 Å². The van der Waals surface area contributed by atoms with Crippen LogP contribution in [0.2, 0.25) is 0 Å². The summed E-state index contributed by atoms with van der Waals surface area (Å²) in [5.74, 6) is 0.301. The molecule has 0 saturated carbocycles. The number of nitrogens with one attached hydrogen (secondary N) is 1. The fourth-order valence-corrected chi connectivity index (χ4v) is 4.09. The van der Waals surface area contributed by atoms with Gasteiger partial charge in [-0.3, -0.25) is 9.59 Å². The Labute approximate surface area is 139 Å². The molecular weight excluding hydrogens is 292 g/mol. The fraction of sp³-hybridized carbons (Fsp3) is 0.882. The first kappa shape index (κ1) is 16.7. The monoisotopic (exact) mass is 322 g/mol. The van der Waals surface area contributed by atoms with E-state index in [9.17, 15) is 9.59 Å². The number of amides is 2. The Hall–Kier alpha value is -1.14. The third kappa shape index (κ3) is 4.04. The maximum absolute atomic E-state index is 12.9. The average molecular weight is 322 g/mol. The number of carbonyl (C=O) groups is 2. The van der Waals surface area contributed by atoms with E-state index in [1.54, 1.807) is 0 Å². The quantitative estimate of drug-likeness (QED) is 0.803. The minimum Gasteiger partial charge on any atom is -0.340 e. The average Bonchev–Trinajstić information content (AvgIpc) is 2.58. The van der Waals surface area contributed by atoms with Gasteiger partial charge in [0.15, 0.2) is 0 Å². The molecule has 2 amide bonds. The molecule has 0 aromatic heterocycles. The van der Waals surface area contributed by atoms with Crippen LogP contribution in [-0.4, -0.2) is 85.4 Å². The van der Waals surface area contributed by atoms with Gasteiger partial charge in [0, 0.05) is 51.1 Å². The van der Waals surface area contributed by atoms with Crippen LogP contribution in [0.15, 0.2) is 0 Å². The molecule has 3 fully saturated rings. The van der Waals surface area contributed by atoms with Gasteiger partial charge in [0.25, 0.3) is 0 Å². The molecular formula is C17H30N4O2.